The minimum Gasteiger partial charge on any atom is -0.496 e. The standard InChI is InChI=1S/C16H16F3NO/c1-11-7-8-13(16(17,18)19)9-14(11)20-10-12-5-3-4-6-15(12)21-2/h3-9,20H,10H2,1-2H3. The Morgan fingerprint density at radius 2 is 1.81 bits per heavy atom. The van der Waals surface area contributed by atoms with Gasteiger partial charge in [0.15, 0.2) is 0 Å². The highest BCUT2D eigenvalue weighted by Gasteiger charge is 2.30. The van der Waals surface area contributed by atoms with Crippen molar-refractivity contribution in [2.45, 2.75) is 19.6 Å². The van der Waals surface area contributed by atoms with Gasteiger partial charge in [-0.2, -0.15) is 13.2 Å². The van der Waals surface area contributed by atoms with Crippen LogP contribution in [0.15, 0.2) is 42.5 Å². The highest BCUT2D eigenvalue weighted by atomic mass is 19.4. The highest BCUT2D eigenvalue weighted by Crippen LogP contribution is 2.32. The summed E-state index contributed by atoms with van der Waals surface area (Å²) in [7, 11) is 1.56. The van der Waals surface area contributed by atoms with Crippen LogP contribution in [0.1, 0.15) is 16.7 Å². The Balaban J connectivity index is 2.20. The van der Waals surface area contributed by atoms with Crippen LogP contribution in [0.3, 0.4) is 0 Å². The molecule has 0 heterocycles. The minimum absolute atomic E-state index is 0.395. The molecule has 5 heteroatoms. The van der Waals surface area contributed by atoms with Crippen molar-refractivity contribution in [1.82, 2.24) is 0 Å². The predicted octanol–water partition coefficient (Wildman–Crippen LogP) is 4.63. The Morgan fingerprint density at radius 3 is 2.48 bits per heavy atom. The van der Waals surface area contributed by atoms with Gasteiger partial charge in [-0.1, -0.05) is 24.3 Å². The SMILES string of the molecule is COc1ccccc1CNc1cc(C(F)(F)F)ccc1C. The zero-order valence-electron chi connectivity index (χ0n) is 11.8. The number of alkyl halides is 3. The minimum atomic E-state index is -4.34. The van der Waals surface area contributed by atoms with Crippen LogP contribution in [0.4, 0.5) is 18.9 Å². The van der Waals surface area contributed by atoms with Gasteiger partial charge in [-0.25, -0.2) is 0 Å². The van der Waals surface area contributed by atoms with Crippen molar-refractivity contribution in [3.8, 4) is 5.75 Å². The quantitative estimate of drug-likeness (QED) is 0.887. The Labute approximate surface area is 121 Å². The second-order valence-electron chi connectivity index (χ2n) is 4.69. The molecule has 0 unspecified atom stereocenters. The first-order chi connectivity index (χ1) is 9.91. The summed E-state index contributed by atoms with van der Waals surface area (Å²) in [6, 6.07) is 11.1. The van der Waals surface area contributed by atoms with Crippen molar-refractivity contribution in [2.24, 2.45) is 0 Å². The van der Waals surface area contributed by atoms with Crippen molar-refractivity contribution in [3.05, 3.63) is 59.2 Å². The summed E-state index contributed by atoms with van der Waals surface area (Å²) in [6.45, 7) is 2.16. The summed E-state index contributed by atoms with van der Waals surface area (Å²) >= 11 is 0. The van der Waals surface area contributed by atoms with Gasteiger partial charge in [0.2, 0.25) is 0 Å². The molecule has 0 radical (unpaired) electrons. The highest BCUT2D eigenvalue weighted by molar-refractivity contribution is 5.54. The molecule has 1 N–H and O–H groups in total. The molecule has 0 spiro atoms. The zero-order valence-corrected chi connectivity index (χ0v) is 11.8. The molecule has 0 saturated heterocycles. The van der Waals surface area contributed by atoms with Gasteiger partial charge in [-0.15, -0.1) is 0 Å². The average molecular weight is 295 g/mol. The predicted molar refractivity (Wildman–Crippen MR) is 76.5 cm³/mol. The molecule has 0 aliphatic rings. The summed E-state index contributed by atoms with van der Waals surface area (Å²) in [6.07, 6.45) is -4.34. The molecule has 0 saturated carbocycles. The third-order valence-corrected chi connectivity index (χ3v) is 3.23. The number of methoxy groups -OCH3 is 1. The Bertz CT molecular complexity index is 623. The largest absolute Gasteiger partial charge is 0.496 e. The Morgan fingerprint density at radius 1 is 1.10 bits per heavy atom. The molecule has 0 atom stereocenters. The summed E-state index contributed by atoms with van der Waals surface area (Å²) < 4.78 is 43.4. The average Bonchev–Trinajstić information content (AvgIpc) is 2.45. The first-order valence-corrected chi connectivity index (χ1v) is 6.45. The number of aryl methyl sites for hydroxylation is 1. The van der Waals surface area contributed by atoms with E-state index in [1.165, 1.54) is 6.07 Å². The van der Waals surface area contributed by atoms with Crippen molar-refractivity contribution in [3.63, 3.8) is 0 Å². The van der Waals surface area contributed by atoms with Crippen LogP contribution in [0.25, 0.3) is 0 Å². The van der Waals surface area contributed by atoms with E-state index in [4.69, 9.17) is 4.74 Å². The summed E-state index contributed by atoms with van der Waals surface area (Å²) in [4.78, 5) is 0. The van der Waals surface area contributed by atoms with E-state index in [2.05, 4.69) is 5.32 Å². The van der Waals surface area contributed by atoms with Crippen molar-refractivity contribution in [1.29, 1.82) is 0 Å². The van der Waals surface area contributed by atoms with E-state index in [1.807, 2.05) is 24.3 Å². The van der Waals surface area contributed by atoms with Crippen LogP contribution in [0.2, 0.25) is 0 Å². The van der Waals surface area contributed by atoms with Crippen molar-refractivity contribution in [2.75, 3.05) is 12.4 Å². The van der Waals surface area contributed by atoms with Gasteiger partial charge in [0, 0.05) is 17.8 Å². The summed E-state index contributed by atoms with van der Waals surface area (Å²) in [5, 5.41) is 3.04. The lowest BCUT2D eigenvalue weighted by molar-refractivity contribution is -0.137. The fourth-order valence-electron chi connectivity index (χ4n) is 2.03. The lowest BCUT2D eigenvalue weighted by Crippen LogP contribution is -2.08. The molecule has 0 aromatic heterocycles. The first kappa shape index (κ1) is 15.2. The molecule has 0 fully saturated rings. The van der Waals surface area contributed by atoms with Crippen molar-refractivity contribution < 1.29 is 17.9 Å². The molecule has 2 aromatic carbocycles. The van der Waals surface area contributed by atoms with Gasteiger partial charge in [-0.3, -0.25) is 0 Å². The lowest BCUT2D eigenvalue weighted by Gasteiger charge is -2.14. The van der Waals surface area contributed by atoms with Crippen LogP contribution in [0.5, 0.6) is 5.75 Å². The smallest absolute Gasteiger partial charge is 0.416 e. The van der Waals surface area contributed by atoms with E-state index in [0.29, 0.717) is 18.0 Å². The molecule has 2 nitrogen and oxygen atoms in total. The number of para-hydroxylation sites is 1. The Hall–Kier alpha value is -2.17. The summed E-state index contributed by atoms with van der Waals surface area (Å²) in [5.41, 5.74) is 1.46. The Kier molecular flexibility index (Phi) is 4.40. The molecule has 112 valence electrons. The van der Waals surface area contributed by atoms with E-state index < -0.39 is 11.7 Å². The van der Waals surface area contributed by atoms with Gasteiger partial charge in [0.25, 0.3) is 0 Å². The normalized spacial score (nSPS) is 11.3. The van der Waals surface area contributed by atoms with E-state index in [1.54, 1.807) is 14.0 Å². The summed E-state index contributed by atoms with van der Waals surface area (Å²) in [5.74, 6) is 0.703. The molecule has 0 aliphatic carbocycles. The number of halogens is 3. The molecule has 0 bridgehead atoms. The fourth-order valence-corrected chi connectivity index (χ4v) is 2.03. The van der Waals surface area contributed by atoms with E-state index in [9.17, 15) is 13.2 Å². The topological polar surface area (TPSA) is 21.3 Å². The molecular weight excluding hydrogens is 279 g/mol. The molecule has 2 aromatic rings. The zero-order chi connectivity index (χ0) is 15.5. The maximum Gasteiger partial charge on any atom is 0.416 e. The third kappa shape index (κ3) is 3.68. The molecular formula is C16H16F3NO. The number of hydrogen-bond donors (Lipinski definition) is 1. The van der Waals surface area contributed by atoms with Crippen LogP contribution < -0.4 is 10.1 Å². The van der Waals surface area contributed by atoms with Gasteiger partial charge in [-0.05, 0) is 30.7 Å². The number of benzene rings is 2. The number of nitrogens with one attached hydrogen (secondary N) is 1. The van der Waals surface area contributed by atoms with Gasteiger partial charge in [0.05, 0.1) is 12.7 Å². The molecule has 21 heavy (non-hydrogen) atoms. The fraction of sp³-hybridized carbons (Fsp3) is 0.250. The maximum absolute atomic E-state index is 12.7. The van der Waals surface area contributed by atoms with Gasteiger partial charge < -0.3 is 10.1 Å². The third-order valence-electron chi connectivity index (χ3n) is 3.23. The van der Waals surface area contributed by atoms with Crippen LogP contribution in [-0.4, -0.2) is 7.11 Å². The number of rotatable bonds is 4. The van der Waals surface area contributed by atoms with E-state index >= 15 is 0 Å². The molecule has 2 rings (SSSR count). The van der Waals surface area contributed by atoms with Gasteiger partial charge in [0.1, 0.15) is 5.75 Å². The van der Waals surface area contributed by atoms with E-state index in [-0.39, 0.29) is 0 Å². The number of anilines is 1. The molecule has 0 aliphatic heterocycles. The second kappa shape index (κ2) is 6.08. The van der Waals surface area contributed by atoms with Crippen LogP contribution >= 0.6 is 0 Å². The van der Waals surface area contributed by atoms with E-state index in [0.717, 1.165) is 23.3 Å². The van der Waals surface area contributed by atoms with Crippen LogP contribution in [-0.2, 0) is 12.7 Å². The number of hydrogen-bond acceptors (Lipinski definition) is 2. The maximum atomic E-state index is 12.7. The number of ether oxygens (including phenoxy) is 1. The van der Waals surface area contributed by atoms with Gasteiger partial charge >= 0.3 is 6.18 Å². The van der Waals surface area contributed by atoms with Crippen LogP contribution in [0, 0.1) is 6.92 Å². The molecule has 0 amide bonds. The lowest BCUT2D eigenvalue weighted by atomic mass is 10.1. The second-order valence-corrected chi connectivity index (χ2v) is 4.69. The monoisotopic (exact) mass is 295 g/mol. The van der Waals surface area contributed by atoms with Crippen molar-refractivity contribution >= 4 is 5.69 Å². The first-order valence-electron chi connectivity index (χ1n) is 6.45.